The van der Waals surface area contributed by atoms with E-state index < -0.39 is 24.0 Å². The largest absolute Gasteiger partial charge is 0.467 e. The lowest BCUT2D eigenvalue weighted by Crippen LogP contribution is -2.51. The molecule has 1 aliphatic rings. The van der Waals surface area contributed by atoms with Gasteiger partial charge in [-0.1, -0.05) is 57.9 Å². The Morgan fingerprint density at radius 2 is 1.86 bits per heavy atom. The summed E-state index contributed by atoms with van der Waals surface area (Å²) in [5.74, 6) is -0.741. The minimum atomic E-state index is -0.852. The Kier molecular flexibility index (Phi) is 5.62. The van der Waals surface area contributed by atoms with Crippen LogP contribution < -0.4 is 0 Å². The summed E-state index contributed by atoms with van der Waals surface area (Å²) in [6.07, 6.45) is 0.313. The van der Waals surface area contributed by atoms with Crippen LogP contribution in [0.25, 0.3) is 21.9 Å². The third-order valence-electron chi connectivity index (χ3n) is 6.71. The number of hydrogen-bond donors (Lipinski definition) is 1. The maximum atomic E-state index is 14.1. The summed E-state index contributed by atoms with van der Waals surface area (Å²) in [5.41, 5.74) is 4.17. The monoisotopic (exact) mass is 562 g/mol. The molecule has 1 amide bonds. The smallest absolute Gasteiger partial charge is 0.328 e. The van der Waals surface area contributed by atoms with Crippen LogP contribution in [0.1, 0.15) is 33.4 Å². The summed E-state index contributed by atoms with van der Waals surface area (Å²) in [6.45, 7) is 0. The van der Waals surface area contributed by atoms with Crippen molar-refractivity contribution in [2.75, 3.05) is 7.11 Å². The molecule has 0 radical (unpaired) electrons. The number of rotatable bonds is 3. The number of benzene rings is 3. The molecule has 3 aromatic carbocycles. The van der Waals surface area contributed by atoms with E-state index in [2.05, 4.69) is 20.9 Å². The number of hydrogen-bond acceptors (Lipinski definition) is 4. The van der Waals surface area contributed by atoms with Crippen LogP contribution in [-0.4, -0.2) is 34.9 Å². The maximum absolute atomic E-state index is 14.1. The van der Waals surface area contributed by atoms with Crippen molar-refractivity contribution in [3.63, 3.8) is 0 Å². The number of furan rings is 1. The van der Waals surface area contributed by atoms with Gasteiger partial charge in [-0.3, -0.25) is 4.79 Å². The first-order valence-corrected chi connectivity index (χ1v) is 12.6. The predicted molar refractivity (Wildman–Crippen MR) is 141 cm³/mol. The summed E-state index contributed by atoms with van der Waals surface area (Å²) in [7, 11) is 1.34. The van der Waals surface area contributed by atoms with E-state index in [9.17, 15) is 9.59 Å². The van der Waals surface area contributed by atoms with E-state index >= 15 is 0 Å². The average molecular weight is 564 g/mol. The molecule has 3 heterocycles. The fourth-order valence-corrected chi connectivity index (χ4v) is 5.60. The van der Waals surface area contributed by atoms with E-state index in [1.54, 1.807) is 29.2 Å². The third kappa shape index (κ3) is 3.70. The minimum absolute atomic E-state index is 0.149. The average Bonchev–Trinajstić information content (AvgIpc) is 3.48. The molecular weight excluding hydrogens is 544 g/mol. The summed E-state index contributed by atoms with van der Waals surface area (Å²) in [6, 6.07) is 21.0. The number of ether oxygens (including phenoxy) is 1. The van der Waals surface area contributed by atoms with Crippen molar-refractivity contribution in [2.45, 2.75) is 18.5 Å². The normalized spacial score (nSPS) is 17.4. The van der Waals surface area contributed by atoms with E-state index in [1.165, 1.54) is 7.11 Å². The second kappa shape index (κ2) is 8.84. The van der Waals surface area contributed by atoms with E-state index in [4.69, 9.17) is 20.8 Å². The van der Waals surface area contributed by atoms with Crippen LogP contribution >= 0.6 is 27.5 Å². The molecule has 2 aromatic heterocycles. The van der Waals surface area contributed by atoms with Gasteiger partial charge in [0, 0.05) is 37.9 Å². The van der Waals surface area contributed by atoms with Crippen molar-refractivity contribution >= 4 is 61.3 Å². The zero-order chi connectivity index (χ0) is 25.0. The Bertz CT molecular complexity index is 1640. The number of methoxy groups -OCH3 is 1. The molecule has 0 bridgehead atoms. The molecule has 36 heavy (non-hydrogen) atoms. The van der Waals surface area contributed by atoms with Crippen LogP contribution in [0, 0.1) is 0 Å². The molecule has 6 nitrogen and oxygen atoms in total. The van der Waals surface area contributed by atoms with Gasteiger partial charge in [0.25, 0.3) is 5.91 Å². The highest BCUT2D eigenvalue weighted by molar-refractivity contribution is 9.10. The second-order valence-electron chi connectivity index (χ2n) is 8.77. The van der Waals surface area contributed by atoms with Gasteiger partial charge in [0.15, 0.2) is 5.76 Å². The first kappa shape index (κ1) is 22.9. The van der Waals surface area contributed by atoms with Crippen LogP contribution in [0.2, 0.25) is 5.02 Å². The minimum Gasteiger partial charge on any atom is -0.467 e. The number of para-hydroxylation sites is 1. The Morgan fingerprint density at radius 3 is 2.64 bits per heavy atom. The molecule has 0 aliphatic carbocycles. The molecule has 5 aromatic rings. The number of H-pyrrole nitrogens is 1. The van der Waals surface area contributed by atoms with Crippen LogP contribution in [0.15, 0.2) is 81.7 Å². The molecule has 0 fully saturated rings. The van der Waals surface area contributed by atoms with Gasteiger partial charge in [-0.15, -0.1) is 0 Å². The summed E-state index contributed by atoms with van der Waals surface area (Å²) in [5, 5.41) is 2.38. The molecular formula is C28H20BrClN2O4. The number of nitrogens with one attached hydrogen (secondary N) is 1. The third-order valence-corrected chi connectivity index (χ3v) is 7.46. The highest BCUT2D eigenvalue weighted by Crippen LogP contribution is 2.42. The van der Waals surface area contributed by atoms with Crippen LogP contribution in [0.5, 0.6) is 0 Å². The summed E-state index contributed by atoms with van der Waals surface area (Å²) < 4.78 is 12.0. The number of carbonyl (C=O) groups excluding carboxylic acids is 2. The Morgan fingerprint density at radius 1 is 1.08 bits per heavy atom. The van der Waals surface area contributed by atoms with Gasteiger partial charge in [0.05, 0.1) is 13.2 Å². The van der Waals surface area contributed by atoms with E-state index in [0.717, 1.165) is 37.6 Å². The van der Waals surface area contributed by atoms with Gasteiger partial charge >= 0.3 is 5.97 Å². The summed E-state index contributed by atoms with van der Waals surface area (Å²) in [4.78, 5) is 32.4. The predicted octanol–water partition coefficient (Wildman–Crippen LogP) is 6.66. The highest BCUT2D eigenvalue weighted by atomic mass is 79.9. The Hall–Kier alpha value is -3.55. The van der Waals surface area contributed by atoms with Crippen molar-refractivity contribution in [3.8, 4) is 0 Å². The highest BCUT2D eigenvalue weighted by Gasteiger charge is 2.45. The van der Waals surface area contributed by atoms with Crippen molar-refractivity contribution in [1.29, 1.82) is 0 Å². The topological polar surface area (TPSA) is 75.5 Å². The number of nitrogens with zero attached hydrogens (tertiary/aromatic N) is 1. The Balaban J connectivity index is 1.57. The zero-order valence-corrected chi connectivity index (χ0v) is 21.5. The first-order chi connectivity index (χ1) is 17.4. The van der Waals surface area contributed by atoms with Crippen molar-refractivity contribution in [1.82, 2.24) is 9.88 Å². The standard InChI is InChI=1S/C28H20BrClN2O4/c1-35-28(34)22-14-20-19-4-2-3-5-21(19)31-25(20)26(15-6-9-18(30)10-7-15)32(22)27(33)24-13-16-12-17(29)8-11-23(16)36-24/h2-13,22,26,31H,14H2,1H3. The van der Waals surface area contributed by atoms with Gasteiger partial charge in [-0.25, -0.2) is 4.79 Å². The van der Waals surface area contributed by atoms with Crippen LogP contribution in [-0.2, 0) is 16.0 Å². The molecule has 0 saturated carbocycles. The van der Waals surface area contributed by atoms with Crippen molar-refractivity contribution in [3.05, 3.63) is 105 Å². The molecule has 2 atom stereocenters. The fraction of sp³-hybridized carbons (Fsp3) is 0.143. The number of halogens is 2. The maximum Gasteiger partial charge on any atom is 0.328 e. The molecule has 180 valence electrons. The van der Waals surface area contributed by atoms with Crippen molar-refractivity contribution < 1.29 is 18.7 Å². The quantitative estimate of drug-likeness (QED) is 0.249. The lowest BCUT2D eigenvalue weighted by Gasteiger charge is -2.40. The van der Waals surface area contributed by atoms with E-state index in [1.807, 2.05) is 48.5 Å². The van der Waals surface area contributed by atoms with Gasteiger partial charge in [-0.2, -0.15) is 0 Å². The molecule has 2 unspecified atom stereocenters. The lowest BCUT2D eigenvalue weighted by atomic mass is 9.87. The van der Waals surface area contributed by atoms with Gasteiger partial charge in [-0.05, 0) is 53.6 Å². The van der Waals surface area contributed by atoms with Crippen LogP contribution in [0.3, 0.4) is 0 Å². The fourth-order valence-electron chi connectivity index (χ4n) is 5.10. The van der Waals surface area contributed by atoms with Gasteiger partial charge < -0.3 is 19.0 Å². The molecule has 0 spiro atoms. The number of esters is 1. The molecule has 1 N–H and O–H groups in total. The van der Waals surface area contributed by atoms with Gasteiger partial charge in [0.2, 0.25) is 0 Å². The Labute approximate surface area is 219 Å². The molecule has 8 heteroatoms. The second-order valence-corrected chi connectivity index (χ2v) is 10.1. The van der Waals surface area contributed by atoms with E-state index in [-0.39, 0.29) is 5.76 Å². The number of fused-ring (bicyclic) bond motifs is 4. The zero-order valence-electron chi connectivity index (χ0n) is 19.1. The number of aromatic amines is 1. The molecule has 6 rings (SSSR count). The SMILES string of the molecule is COC(=O)C1Cc2c([nH]c3ccccc23)C(c2ccc(Cl)cc2)N1C(=O)c1cc2cc(Br)ccc2o1. The van der Waals surface area contributed by atoms with Crippen LogP contribution in [0.4, 0.5) is 0 Å². The van der Waals surface area contributed by atoms with Crippen molar-refractivity contribution in [2.24, 2.45) is 0 Å². The molecule has 0 saturated heterocycles. The van der Waals surface area contributed by atoms with E-state index in [0.29, 0.717) is 17.0 Å². The number of aromatic nitrogens is 1. The van der Waals surface area contributed by atoms with Gasteiger partial charge in [0.1, 0.15) is 11.6 Å². The summed E-state index contributed by atoms with van der Waals surface area (Å²) >= 11 is 9.65. The number of carbonyl (C=O) groups is 2. The number of amides is 1. The first-order valence-electron chi connectivity index (χ1n) is 11.4. The molecule has 1 aliphatic heterocycles. The lowest BCUT2D eigenvalue weighted by molar-refractivity contribution is -0.147.